The maximum absolute atomic E-state index is 12.9. The van der Waals surface area contributed by atoms with Gasteiger partial charge in [-0.05, 0) is 55.0 Å². The van der Waals surface area contributed by atoms with E-state index in [2.05, 4.69) is 16.0 Å². The molecule has 0 aliphatic carbocycles. The topological polar surface area (TPSA) is 91.9 Å². The van der Waals surface area contributed by atoms with Crippen molar-refractivity contribution in [2.75, 3.05) is 38.0 Å². The van der Waals surface area contributed by atoms with Gasteiger partial charge in [0, 0.05) is 31.2 Å². The molecule has 180 valence electrons. The van der Waals surface area contributed by atoms with Crippen LogP contribution in [0.1, 0.15) is 18.5 Å². The van der Waals surface area contributed by atoms with Crippen molar-refractivity contribution in [2.24, 2.45) is 0 Å². The third kappa shape index (κ3) is 6.18. The van der Waals surface area contributed by atoms with Gasteiger partial charge in [-0.1, -0.05) is 35.3 Å². The smallest absolute Gasteiger partial charge is 0.338 e. The minimum Gasteiger partial charge on any atom is -0.460 e. The predicted octanol–water partition coefficient (Wildman–Crippen LogP) is 4.96. The van der Waals surface area contributed by atoms with Crippen LogP contribution in [0.5, 0.6) is 0 Å². The van der Waals surface area contributed by atoms with Gasteiger partial charge in [-0.3, -0.25) is 0 Å². The van der Waals surface area contributed by atoms with Gasteiger partial charge in [0.15, 0.2) is 5.11 Å². The molecule has 0 fully saturated rings. The number of methoxy groups -OCH3 is 1. The van der Waals surface area contributed by atoms with E-state index in [-0.39, 0.29) is 13.2 Å². The zero-order chi connectivity index (χ0) is 24.8. The molecule has 1 heterocycles. The summed E-state index contributed by atoms with van der Waals surface area (Å²) < 4.78 is 10.3. The number of nitrogens with zero attached hydrogens (tertiary/aromatic N) is 1. The number of allylic oxidation sites excluding steroid dienone is 1. The molecule has 3 N–H and O–H groups in total. The summed E-state index contributed by atoms with van der Waals surface area (Å²) in [6.07, 6.45) is 0. The number of hydrogen-bond donors (Lipinski definition) is 3. The van der Waals surface area contributed by atoms with Gasteiger partial charge in [-0.25, -0.2) is 9.59 Å². The number of ether oxygens (including phenoxy) is 2. The number of benzene rings is 2. The molecule has 3 rings (SSSR count). The number of carbonyl (C=O) groups is 2. The quantitative estimate of drug-likeness (QED) is 0.268. The first kappa shape index (κ1) is 25.8. The number of nitrogens with one attached hydrogen (secondary N) is 3. The number of halogens is 2. The first-order valence-electron chi connectivity index (χ1n) is 10.2. The second-order valence-electron chi connectivity index (χ2n) is 7.40. The van der Waals surface area contributed by atoms with E-state index in [1.807, 2.05) is 6.07 Å². The fraction of sp³-hybridized carbons (Fsp3) is 0.261. The number of urea groups is 1. The van der Waals surface area contributed by atoms with Gasteiger partial charge in [0.1, 0.15) is 6.61 Å². The van der Waals surface area contributed by atoms with E-state index in [0.29, 0.717) is 37.8 Å². The summed E-state index contributed by atoms with van der Waals surface area (Å²) in [6, 6.07) is 10.9. The number of hydrogen-bond acceptors (Lipinski definition) is 5. The highest BCUT2D eigenvalue weighted by molar-refractivity contribution is 7.80. The third-order valence-electron chi connectivity index (χ3n) is 5.15. The normalized spacial score (nSPS) is 15.6. The largest absolute Gasteiger partial charge is 0.460 e. The highest BCUT2D eigenvalue weighted by atomic mass is 35.5. The lowest BCUT2D eigenvalue weighted by atomic mass is 9.95. The molecule has 0 saturated heterocycles. The van der Waals surface area contributed by atoms with Crippen LogP contribution in [0, 0.1) is 0 Å². The molecule has 0 aromatic heterocycles. The molecule has 11 heteroatoms. The van der Waals surface area contributed by atoms with E-state index in [4.69, 9.17) is 44.9 Å². The minimum atomic E-state index is -0.557. The van der Waals surface area contributed by atoms with Crippen LogP contribution in [-0.4, -0.2) is 49.4 Å². The summed E-state index contributed by atoms with van der Waals surface area (Å²) in [5.41, 5.74) is 2.83. The third-order valence-corrected chi connectivity index (χ3v) is 6.28. The lowest BCUT2D eigenvalue weighted by Gasteiger charge is -2.35. The van der Waals surface area contributed by atoms with Crippen LogP contribution in [0.2, 0.25) is 10.0 Å². The molecule has 34 heavy (non-hydrogen) atoms. The summed E-state index contributed by atoms with van der Waals surface area (Å²) in [4.78, 5) is 27.1. The lowest BCUT2D eigenvalue weighted by Crippen LogP contribution is -2.46. The maximum Gasteiger partial charge on any atom is 0.338 e. The van der Waals surface area contributed by atoms with Gasteiger partial charge in [-0.15, -0.1) is 0 Å². The van der Waals surface area contributed by atoms with Crippen molar-refractivity contribution < 1.29 is 19.1 Å². The van der Waals surface area contributed by atoms with Gasteiger partial charge < -0.3 is 30.3 Å². The molecule has 2 amide bonds. The molecule has 1 unspecified atom stereocenters. The van der Waals surface area contributed by atoms with Gasteiger partial charge in [0.2, 0.25) is 0 Å². The van der Waals surface area contributed by atoms with Gasteiger partial charge in [-0.2, -0.15) is 0 Å². The zero-order valence-electron chi connectivity index (χ0n) is 18.8. The average Bonchev–Trinajstić information content (AvgIpc) is 2.80. The van der Waals surface area contributed by atoms with Crippen LogP contribution >= 0.6 is 35.4 Å². The summed E-state index contributed by atoms with van der Waals surface area (Å²) >= 11 is 17.4. The monoisotopic (exact) mass is 522 g/mol. The number of anilines is 2. The van der Waals surface area contributed by atoms with Crippen molar-refractivity contribution in [1.82, 2.24) is 10.2 Å². The Kier molecular flexibility index (Phi) is 8.73. The second-order valence-corrected chi connectivity index (χ2v) is 8.60. The first-order valence-corrected chi connectivity index (χ1v) is 11.4. The van der Waals surface area contributed by atoms with E-state index in [0.717, 1.165) is 5.56 Å². The Balaban J connectivity index is 1.81. The molecule has 0 radical (unpaired) electrons. The fourth-order valence-electron chi connectivity index (χ4n) is 3.31. The Morgan fingerprint density at radius 3 is 2.47 bits per heavy atom. The number of thiocarbonyl (C=S) groups is 1. The van der Waals surface area contributed by atoms with Crippen molar-refractivity contribution in [3.05, 3.63) is 69.3 Å². The summed E-state index contributed by atoms with van der Waals surface area (Å²) in [6.45, 7) is 2.22. The highest BCUT2D eigenvalue weighted by Crippen LogP contribution is 2.32. The molecule has 0 saturated carbocycles. The average molecular weight is 523 g/mol. The van der Waals surface area contributed by atoms with Crippen LogP contribution in [0.15, 0.2) is 53.7 Å². The highest BCUT2D eigenvalue weighted by Gasteiger charge is 2.33. The standard InChI is InChI=1S/C23H24Cl2N4O4S/c1-13-19(21(30)33-10-9-32-3)20(28-23(34)29(13)2)14-5-4-6-15(11-14)26-22(31)27-16-7-8-17(24)18(25)12-16/h4-8,11-12,20H,9-10H2,1-3H3,(H,28,34)(H2,26,27,31). The molecule has 1 aliphatic rings. The molecule has 1 atom stereocenters. The Hall–Kier alpha value is -2.85. The lowest BCUT2D eigenvalue weighted by molar-refractivity contribution is -0.140. The number of esters is 1. The van der Waals surface area contributed by atoms with Crippen molar-refractivity contribution in [3.8, 4) is 0 Å². The van der Waals surface area contributed by atoms with Crippen LogP contribution in [0.3, 0.4) is 0 Å². The molecule has 2 aromatic rings. The van der Waals surface area contributed by atoms with Crippen LogP contribution in [0.25, 0.3) is 0 Å². The second kappa shape index (κ2) is 11.5. The van der Waals surface area contributed by atoms with E-state index >= 15 is 0 Å². The summed E-state index contributed by atoms with van der Waals surface area (Å²) in [7, 11) is 3.31. The van der Waals surface area contributed by atoms with Crippen LogP contribution in [-0.2, 0) is 14.3 Å². The Bertz CT molecular complexity index is 1140. The van der Waals surface area contributed by atoms with Crippen molar-refractivity contribution in [2.45, 2.75) is 13.0 Å². The maximum atomic E-state index is 12.9. The van der Waals surface area contributed by atoms with E-state index in [9.17, 15) is 9.59 Å². The number of carbonyl (C=O) groups excluding carboxylic acids is 2. The SMILES string of the molecule is COCCOC(=O)C1=C(C)N(C)C(=S)NC1c1cccc(NC(=O)Nc2ccc(Cl)c(Cl)c2)c1. The van der Waals surface area contributed by atoms with E-state index in [1.165, 1.54) is 7.11 Å². The molecule has 1 aliphatic heterocycles. The zero-order valence-corrected chi connectivity index (χ0v) is 21.1. The summed E-state index contributed by atoms with van der Waals surface area (Å²) in [5, 5.41) is 9.84. The number of amides is 2. The Morgan fingerprint density at radius 2 is 1.79 bits per heavy atom. The fourth-order valence-corrected chi connectivity index (χ4v) is 3.86. The van der Waals surface area contributed by atoms with Crippen molar-refractivity contribution >= 4 is 63.9 Å². The molecule has 2 aromatic carbocycles. The molecule has 0 spiro atoms. The van der Waals surface area contributed by atoms with Crippen LogP contribution in [0.4, 0.5) is 16.2 Å². The van der Waals surface area contributed by atoms with Crippen molar-refractivity contribution in [3.63, 3.8) is 0 Å². The molecule has 8 nitrogen and oxygen atoms in total. The van der Waals surface area contributed by atoms with Gasteiger partial charge in [0.05, 0.1) is 28.3 Å². The molecule has 0 bridgehead atoms. The summed E-state index contributed by atoms with van der Waals surface area (Å²) in [5.74, 6) is -0.475. The number of rotatable bonds is 7. The Morgan fingerprint density at radius 1 is 1.09 bits per heavy atom. The van der Waals surface area contributed by atoms with Crippen LogP contribution < -0.4 is 16.0 Å². The van der Waals surface area contributed by atoms with E-state index in [1.54, 1.807) is 55.3 Å². The van der Waals surface area contributed by atoms with Gasteiger partial charge >= 0.3 is 12.0 Å². The van der Waals surface area contributed by atoms with Crippen molar-refractivity contribution in [1.29, 1.82) is 0 Å². The van der Waals surface area contributed by atoms with E-state index < -0.39 is 18.0 Å². The minimum absolute atomic E-state index is 0.128. The predicted molar refractivity (Wildman–Crippen MR) is 137 cm³/mol. The molecular formula is C23H24Cl2N4O4S. The molecular weight excluding hydrogens is 499 g/mol. The Labute approximate surface area is 213 Å². The first-order chi connectivity index (χ1) is 16.2. The van der Waals surface area contributed by atoms with Gasteiger partial charge in [0.25, 0.3) is 0 Å².